The van der Waals surface area contributed by atoms with Crippen LogP contribution in [0.5, 0.6) is 11.5 Å². The maximum Gasteiger partial charge on any atom is 0.267 e. The van der Waals surface area contributed by atoms with Gasteiger partial charge in [0.1, 0.15) is 6.10 Å². The summed E-state index contributed by atoms with van der Waals surface area (Å²) in [6.07, 6.45) is -0.934. The molecule has 0 radical (unpaired) electrons. The predicted molar refractivity (Wildman–Crippen MR) is 101 cm³/mol. The number of piperazine rings is 1. The number of hydrogen-bond acceptors (Lipinski definition) is 4. The van der Waals surface area contributed by atoms with Crippen molar-refractivity contribution in [2.45, 2.75) is 19.1 Å². The van der Waals surface area contributed by atoms with Crippen LogP contribution in [0.25, 0.3) is 0 Å². The molecule has 4 rings (SSSR count). The van der Waals surface area contributed by atoms with Gasteiger partial charge in [-0.3, -0.25) is 4.79 Å². The van der Waals surface area contributed by atoms with Gasteiger partial charge in [0, 0.05) is 26.2 Å². The molecule has 0 bridgehead atoms. The summed E-state index contributed by atoms with van der Waals surface area (Å²) in [5.74, 6) is 1.29. The van der Waals surface area contributed by atoms with Crippen molar-refractivity contribution in [3.63, 3.8) is 0 Å². The maximum atomic E-state index is 13.0. The summed E-state index contributed by atoms with van der Waals surface area (Å²) in [7, 11) is 0. The van der Waals surface area contributed by atoms with Crippen LogP contribution in [-0.4, -0.2) is 49.2 Å². The molecule has 5 nitrogen and oxygen atoms in total. The van der Waals surface area contributed by atoms with E-state index in [9.17, 15) is 4.79 Å². The summed E-state index contributed by atoms with van der Waals surface area (Å²) in [5.41, 5.74) is 1.01. The highest BCUT2D eigenvalue weighted by atomic mass is 35.5. The molecule has 0 aliphatic carbocycles. The molecular formula is C20H21ClN2O3. The molecule has 2 heterocycles. The molecule has 2 atom stereocenters. The van der Waals surface area contributed by atoms with Crippen LogP contribution in [0, 0.1) is 0 Å². The molecule has 2 aliphatic rings. The van der Waals surface area contributed by atoms with E-state index in [1.165, 1.54) is 0 Å². The van der Waals surface area contributed by atoms with Gasteiger partial charge < -0.3 is 19.3 Å². The van der Waals surface area contributed by atoms with Crippen LogP contribution in [0.15, 0.2) is 48.5 Å². The summed E-state index contributed by atoms with van der Waals surface area (Å²) in [4.78, 5) is 17.0. The zero-order valence-electron chi connectivity index (χ0n) is 14.6. The highest BCUT2D eigenvalue weighted by Crippen LogP contribution is 2.34. The van der Waals surface area contributed by atoms with E-state index >= 15 is 0 Å². The van der Waals surface area contributed by atoms with Gasteiger partial charge in [0.15, 0.2) is 11.5 Å². The Balaban J connectivity index is 1.42. The third-order valence-corrected chi connectivity index (χ3v) is 5.19. The molecule has 26 heavy (non-hydrogen) atoms. The van der Waals surface area contributed by atoms with Gasteiger partial charge in [0.25, 0.3) is 5.91 Å². The van der Waals surface area contributed by atoms with Crippen molar-refractivity contribution in [2.75, 3.05) is 31.1 Å². The molecule has 2 aliphatic heterocycles. The molecule has 0 aromatic heterocycles. The van der Waals surface area contributed by atoms with Crippen LogP contribution in [-0.2, 0) is 4.79 Å². The second-order valence-corrected chi connectivity index (χ2v) is 6.98. The number of ether oxygens (including phenoxy) is 2. The fraction of sp³-hybridized carbons (Fsp3) is 0.350. The number of carbonyl (C=O) groups is 1. The van der Waals surface area contributed by atoms with Crippen LogP contribution >= 0.6 is 11.6 Å². The van der Waals surface area contributed by atoms with Gasteiger partial charge in [0.05, 0.1) is 10.7 Å². The molecule has 136 valence electrons. The number of amides is 1. The Morgan fingerprint density at radius 1 is 0.962 bits per heavy atom. The number of nitrogens with zero attached hydrogens (tertiary/aromatic N) is 2. The Morgan fingerprint density at radius 2 is 1.58 bits per heavy atom. The zero-order valence-corrected chi connectivity index (χ0v) is 15.4. The van der Waals surface area contributed by atoms with Crippen LogP contribution in [0.1, 0.15) is 6.92 Å². The van der Waals surface area contributed by atoms with E-state index in [-0.39, 0.29) is 12.0 Å². The van der Waals surface area contributed by atoms with E-state index in [4.69, 9.17) is 21.1 Å². The first-order valence-corrected chi connectivity index (χ1v) is 9.22. The molecular weight excluding hydrogens is 352 g/mol. The van der Waals surface area contributed by atoms with Crippen molar-refractivity contribution in [1.29, 1.82) is 0 Å². The number of anilines is 1. The number of halogens is 1. The highest BCUT2D eigenvalue weighted by molar-refractivity contribution is 6.33. The standard InChI is InChI=1S/C20H21ClN2O3/c1-14-19(26-18-9-5-4-8-17(18)25-14)20(24)23-12-10-22(11-13-23)16-7-3-2-6-15(16)21/h2-9,14,19H,10-13H2,1H3. The third-order valence-electron chi connectivity index (χ3n) is 4.87. The van der Waals surface area contributed by atoms with E-state index in [0.717, 1.165) is 23.8 Å². The van der Waals surface area contributed by atoms with Gasteiger partial charge in [-0.25, -0.2) is 0 Å². The number of rotatable bonds is 2. The van der Waals surface area contributed by atoms with Gasteiger partial charge in [-0.2, -0.15) is 0 Å². The third kappa shape index (κ3) is 3.19. The minimum Gasteiger partial charge on any atom is -0.482 e. The van der Waals surface area contributed by atoms with Crippen LogP contribution in [0.4, 0.5) is 5.69 Å². The van der Waals surface area contributed by atoms with E-state index < -0.39 is 6.10 Å². The van der Waals surface area contributed by atoms with Crippen molar-refractivity contribution in [2.24, 2.45) is 0 Å². The molecule has 2 aromatic carbocycles. The molecule has 1 saturated heterocycles. The van der Waals surface area contributed by atoms with Gasteiger partial charge >= 0.3 is 0 Å². The Morgan fingerprint density at radius 3 is 2.27 bits per heavy atom. The fourth-order valence-electron chi connectivity index (χ4n) is 3.45. The average molecular weight is 373 g/mol. The lowest BCUT2D eigenvalue weighted by Gasteiger charge is -2.39. The quantitative estimate of drug-likeness (QED) is 0.811. The number of fused-ring (bicyclic) bond motifs is 1. The molecule has 2 aromatic rings. The second-order valence-electron chi connectivity index (χ2n) is 6.57. The summed E-state index contributed by atoms with van der Waals surface area (Å²) < 4.78 is 11.8. The smallest absolute Gasteiger partial charge is 0.267 e. The van der Waals surface area contributed by atoms with E-state index in [1.807, 2.05) is 60.4 Å². The Labute approximate surface area is 158 Å². The van der Waals surface area contributed by atoms with Gasteiger partial charge in [0.2, 0.25) is 6.10 Å². The minimum absolute atomic E-state index is 0.0224. The number of carbonyl (C=O) groups excluding carboxylic acids is 1. The first-order valence-electron chi connectivity index (χ1n) is 8.84. The van der Waals surface area contributed by atoms with Gasteiger partial charge in [-0.05, 0) is 31.2 Å². The van der Waals surface area contributed by atoms with Crippen molar-refractivity contribution in [1.82, 2.24) is 4.90 Å². The number of hydrogen-bond donors (Lipinski definition) is 0. The first kappa shape index (κ1) is 17.0. The largest absolute Gasteiger partial charge is 0.482 e. The fourth-order valence-corrected chi connectivity index (χ4v) is 3.70. The van der Waals surface area contributed by atoms with E-state index in [1.54, 1.807) is 0 Å². The lowest BCUT2D eigenvalue weighted by atomic mass is 10.1. The molecule has 1 amide bonds. The van der Waals surface area contributed by atoms with Crippen molar-refractivity contribution in [3.05, 3.63) is 53.6 Å². The van der Waals surface area contributed by atoms with Crippen LogP contribution in [0.2, 0.25) is 5.02 Å². The summed E-state index contributed by atoms with van der Waals surface area (Å²) >= 11 is 6.29. The zero-order chi connectivity index (χ0) is 18.1. The maximum absolute atomic E-state index is 13.0. The monoisotopic (exact) mass is 372 g/mol. The SMILES string of the molecule is CC1Oc2ccccc2OC1C(=O)N1CCN(c2ccccc2Cl)CC1. The second kappa shape index (κ2) is 7.08. The molecule has 6 heteroatoms. The van der Waals surface area contributed by atoms with Crippen LogP contribution < -0.4 is 14.4 Å². The van der Waals surface area contributed by atoms with Crippen molar-refractivity contribution >= 4 is 23.2 Å². The summed E-state index contributed by atoms with van der Waals surface area (Å²) in [6, 6.07) is 15.3. The molecule has 0 spiro atoms. The first-order chi connectivity index (χ1) is 12.6. The van der Waals surface area contributed by atoms with Gasteiger partial charge in [-0.15, -0.1) is 0 Å². The van der Waals surface area contributed by atoms with Gasteiger partial charge in [-0.1, -0.05) is 35.9 Å². The topological polar surface area (TPSA) is 42.0 Å². The molecule has 2 unspecified atom stereocenters. The lowest BCUT2D eigenvalue weighted by Crippen LogP contribution is -2.56. The molecule has 0 saturated carbocycles. The van der Waals surface area contributed by atoms with E-state index in [0.29, 0.717) is 24.6 Å². The lowest BCUT2D eigenvalue weighted by molar-refractivity contribution is -0.144. The Hall–Kier alpha value is -2.40. The van der Waals surface area contributed by atoms with Crippen molar-refractivity contribution in [3.8, 4) is 11.5 Å². The number of benzene rings is 2. The average Bonchev–Trinajstić information content (AvgIpc) is 2.67. The summed E-state index contributed by atoms with van der Waals surface area (Å²) in [6.45, 7) is 4.64. The molecule has 1 fully saturated rings. The Kier molecular flexibility index (Phi) is 4.64. The predicted octanol–water partition coefficient (Wildman–Crippen LogP) is 3.22. The van der Waals surface area contributed by atoms with Crippen molar-refractivity contribution < 1.29 is 14.3 Å². The Bertz CT molecular complexity index is 805. The number of para-hydroxylation sites is 3. The minimum atomic E-state index is -0.614. The van der Waals surface area contributed by atoms with Crippen LogP contribution in [0.3, 0.4) is 0 Å². The summed E-state index contributed by atoms with van der Waals surface area (Å²) in [5, 5.41) is 0.738. The molecule has 0 N–H and O–H groups in total. The highest BCUT2D eigenvalue weighted by Gasteiger charge is 2.37. The normalized spacial score (nSPS) is 22.2. The van der Waals surface area contributed by atoms with E-state index in [2.05, 4.69) is 4.90 Å².